The number of hydrogen-bond donors (Lipinski definition) is 0. The van der Waals surface area contributed by atoms with Crippen LogP contribution in [0.5, 0.6) is 0 Å². The summed E-state index contributed by atoms with van der Waals surface area (Å²) in [7, 11) is 0. The van der Waals surface area contributed by atoms with E-state index in [4.69, 9.17) is 4.98 Å². The van der Waals surface area contributed by atoms with Gasteiger partial charge in [-0.2, -0.15) is 0 Å². The molecule has 1 aromatic carbocycles. The van der Waals surface area contributed by atoms with E-state index >= 15 is 0 Å². The number of carbonyl (C=O) groups excluding carboxylic acids is 1. The fourth-order valence-electron chi connectivity index (χ4n) is 2.37. The molecule has 0 saturated heterocycles. The van der Waals surface area contributed by atoms with E-state index in [1.807, 2.05) is 31.2 Å². The zero-order valence-corrected chi connectivity index (χ0v) is 11.6. The van der Waals surface area contributed by atoms with Crippen molar-refractivity contribution in [3.63, 3.8) is 0 Å². The van der Waals surface area contributed by atoms with E-state index in [1.54, 1.807) is 17.8 Å². The van der Waals surface area contributed by atoms with Crippen LogP contribution in [0.4, 0.5) is 0 Å². The molecule has 0 radical (unpaired) electrons. The van der Waals surface area contributed by atoms with Gasteiger partial charge in [0.2, 0.25) is 0 Å². The molecule has 4 heteroatoms. The highest BCUT2D eigenvalue weighted by atomic mass is 32.2. The van der Waals surface area contributed by atoms with Crippen LogP contribution in [0, 0.1) is 0 Å². The number of benzene rings is 1. The molecule has 2 atom stereocenters. The van der Waals surface area contributed by atoms with Crippen LogP contribution in [-0.4, -0.2) is 22.4 Å². The van der Waals surface area contributed by atoms with E-state index in [9.17, 15) is 4.79 Å². The monoisotopic (exact) mass is 270 g/mol. The van der Waals surface area contributed by atoms with Gasteiger partial charge in [-0.25, -0.2) is 0 Å². The van der Waals surface area contributed by atoms with Gasteiger partial charge in [-0.1, -0.05) is 17.8 Å². The van der Waals surface area contributed by atoms with Gasteiger partial charge in [0.05, 0.1) is 27.5 Å². The summed E-state index contributed by atoms with van der Waals surface area (Å²) in [6.45, 7) is 4.16. The number of rotatable bonds is 2. The third-order valence-electron chi connectivity index (χ3n) is 3.28. The van der Waals surface area contributed by atoms with Gasteiger partial charge in [0.25, 0.3) is 0 Å². The molecule has 0 amide bonds. The number of aliphatic imine (C=N–C) groups is 1. The SMILES string of the molecule is CC1=NC(C)C(c2ccc3cc(C=O)ccc3n2)S1. The predicted molar refractivity (Wildman–Crippen MR) is 80.0 cm³/mol. The first-order chi connectivity index (χ1) is 9.17. The van der Waals surface area contributed by atoms with Gasteiger partial charge in [-0.15, -0.1) is 0 Å². The van der Waals surface area contributed by atoms with Gasteiger partial charge < -0.3 is 0 Å². The molecule has 96 valence electrons. The summed E-state index contributed by atoms with van der Waals surface area (Å²) in [5.74, 6) is 0. The number of aromatic nitrogens is 1. The summed E-state index contributed by atoms with van der Waals surface area (Å²) in [6.07, 6.45) is 0.861. The predicted octanol–water partition coefficient (Wildman–Crippen LogP) is 3.64. The number of pyridine rings is 1. The van der Waals surface area contributed by atoms with Gasteiger partial charge in [-0.05, 0) is 38.1 Å². The molecular formula is C15H14N2OS. The summed E-state index contributed by atoms with van der Waals surface area (Å²) in [6, 6.07) is 9.92. The number of thioether (sulfide) groups is 1. The summed E-state index contributed by atoms with van der Waals surface area (Å²) < 4.78 is 0. The van der Waals surface area contributed by atoms with E-state index in [-0.39, 0.29) is 6.04 Å². The Labute approximate surface area is 116 Å². The standard InChI is InChI=1S/C15H14N2OS/c1-9-15(19-10(2)16-9)14-6-4-12-7-11(8-18)3-5-13(12)17-14/h3-9,15H,1-2H3. The third-order valence-corrected chi connectivity index (χ3v) is 4.62. The number of fused-ring (bicyclic) bond motifs is 1. The molecule has 0 fully saturated rings. The molecule has 19 heavy (non-hydrogen) atoms. The second-order valence-electron chi connectivity index (χ2n) is 4.73. The van der Waals surface area contributed by atoms with Crippen molar-refractivity contribution >= 4 is 34.0 Å². The Bertz CT molecular complexity index is 681. The van der Waals surface area contributed by atoms with Crippen LogP contribution in [0.2, 0.25) is 0 Å². The lowest BCUT2D eigenvalue weighted by molar-refractivity contribution is 0.112. The summed E-state index contributed by atoms with van der Waals surface area (Å²) in [5, 5.41) is 2.42. The Kier molecular flexibility index (Phi) is 3.11. The number of aldehydes is 1. The highest BCUT2D eigenvalue weighted by Gasteiger charge is 2.27. The Morgan fingerprint density at radius 2 is 2.11 bits per heavy atom. The van der Waals surface area contributed by atoms with Crippen molar-refractivity contribution < 1.29 is 4.79 Å². The molecule has 2 aromatic rings. The van der Waals surface area contributed by atoms with E-state index in [2.05, 4.69) is 11.9 Å². The zero-order chi connectivity index (χ0) is 13.4. The topological polar surface area (TPSA) is 42.3 Å². The lowest BCUT2D eigenvalue weighted by Gasteiger charge is -2.13. The number of nitrogens with zero attached hydrogens (tertiary/aromatic N) is 2. The highest BCUT2D eigenvalue weighted by Crippen LogP contribution is 2.39. The smallest absolute Gasteiger partial charge is 0.150 e. The first-order valence-corrected chi connectivity index (χ1v) is 7.12. The largest absolute Gasteiger partial charge is 0.298 e. The highest BCUT2D eigenvalue weighted by molar-refractivity contribution is 8.14. The second kappa shape index (κ2) is 4.78. The van der Waals surface area contributed by atoms with Crippen LogP contribution in [-0.2, 0) is 0 Å². The van der Waals surface area contributed by atoms with E-state index in [0.717, 1.165) is 27.9 Å². The van der Waals surface area contributed by atoms with E-state index in [0.29, 0.717) is 10.8 Å². The minimum atomic E-state index is 0.268. The maximum atomic E-state index is 10.8. The maximum absolute atomic E-state index is 10.8. The molecule has 2 heterocycles. The van der Waals surface area contributed by atoms with Crippen LogP contribution >= 0.6 is 11.8 Å². The average molecular weight is 270 g/mol. The molecule has 3 rings (SSSR count). The van der Waals surface area contributed by atoms with Crippen molar-refractivity contribution in [2.75, 3.05) is 0 Å². The molecule has 3 nitrogen and oxygen atoms in total. The van der Waals surface area contributed by atoms with Crippen molar-refractivity contribution in [3.05, 3.63) is 41.6 Å². The molecule has 1 aliphatic rings. The summed E-state index contributed by atoms with van der Waals surface area (Å²) in [4.78, 5) is 20.0. The molecule has 1 aromatic heterocycles. The third kappa shape index (κ3) is 2.28. The van der Waals surface area contributed by atoms with Crippen LogP contribution in [0.3, 0.4) is 0 Å². The minimum absolute atomic E-state index is 0.268. The second-order valence-corrected chi connectivity index (χ2v) is 6.07. The Hall–Kier alpha value is -1.68. The van der Waals surface area contributed by atoms with Crippen LogP contribution < -0.4 is 0 Å². The first-order valence-electron chi connectivity index (χ1n) is 6.24. The fraction of sp³-hybridized carbons (Fsp3) is 0.267. The van der Waals surface area contributed by atoms with Gasteiger partial charge in [-0.3, -0.25) is 14.8 Å². The van der Waals surface area contributed by atoms with Gasteiger partial charge in [0.15, 0.2) is 0 Å². The van der Waals surface area contributed by atoms with E-state index in [1.165, 1.54) is 0 Å². The average Bonchev–Trinajstić information content (AvgIpc) is 2.76. The Balaban J connectivity index is 2.01. The van der Waals surface area contributed by atoms with Gasteiger partial charge in [0.1, 0.15) is 6.29 Å². The fourth-order valence-corrected chi connectivity index (χ4v) is 3.47. The first kappa shape index (κ1) is 12.4. The molecule has 0 spiro atoms. The van der Waals surface area contributed by atoms with Crippen molar-refractivity contribution in [3.8, 4) is 0 Å². The Morgan fingerprint density at radius 1 is 1.26 bits per heavy atom. The summed E-state index contributed by atoms with van der Waals surface area (Å²) >= 11 is 1.77. The van der Waals surface area contributed by atoms with Crippen LogP contribution in [0.25, 0.3) is 10.9 Å². The zero-order valence-electron chi connectivity index (χ0n) is 10.8. The Morgan fingerprint density at radius 3 is 2.79 bits per heavy atom. The maximum Gasteiger partial charge on any atom is 0.150 e. The van der Waals surface area contributed by atoms with Crippen LogP contribution in [0.15, 0.2) is 35.3 Å². The number of carbonyl (C=O) groups is 1. The van der Waals surface area contributed by atoms with Crippen LogP contribution in [0.1, 0.15) is 35.1 Å². The summed E-state index contributed by atoms with van der Waals surface area (Å²) in [5.41, 5.74) is 2.68. The lowest BCUT2D eigenvalue weighted by atomic mass is 10.1. The normalized spacial score (nSPS) is 22.5. The van der Waals surface area contributed by atoms with Crippen molar-refractivity contribution in [1.29, 1.82) is 0 Å². The number of hydrogen-bond acceptors (Lipinski definition) is 4. The molecular weight excluding hydrogens is 256 g/mol. The molecule has 0 N–H and O–H groups in total. The van der Waals surface area contributed by atoms with Crippen molar-refractivity contribution in [1.82, 2.24) is 4.98 Å². The van der Waals surface area contributed by atoms with Crippen molar-refractivity contribution in [2.24, 2.45) is 4.99 Å². The van der Waals surface area contributed by atoms with Crippen molar-refractivity contribution in [2.45, 2.75) is 25.1 Å². The van der Waals surface area contributed by atoms with E-state index < -0.39 is 0 Å². The van der Waals surface area contributed by atoms with Gasteiger partial charge >= 0.3 is 0 Å². The molecule has 2 unspecified atom stereocenters. The molecule has 0 aliphatic carbocycles. The molecule has 1 aliphatic heterocycles. The minimum Gasteiger partial charge on any atom is -0.298 e. The quantitative estimate of drug-likeness (QED) is 0.782. The molecule has 0 saturated carbocycles. The lowest BCUT2D eigenvalue weighted by Crippen LogP contribution is -2.06. The van der Waals surface area contributed by atoms with Gasteiger partial charge in [0, 0.05) is 10.9 Å². The molecule has 0 bridgehead atoms.